The molecule has 4 rings (SSSR count). The maximum atomic E-state index is 5.45. The van der Waals surface area contributed by atoms with Crippen LogP contribution in [-0.2, 0) is 13.6 Å². The first-order valence-electron chi connectivity index (χ1n) is 10.3. The number of rotatable bonds is 8. The Morgan fingerprint density at radius 1 is 0.781 bits per heavy atom. The number of ether oxygens (including phenoxy) is 3. The molecule has 0 aliphatic carbocycles. The van der Waals surface area contributed by atoms with Crippen LogP contribution in [-0.4, -0.2) is 30.9 Å². The summed E-state index contributed by atoms with van der Waals surface area (Å²) in [7, 11) is 6.83. The minimum Gasteiger partial charge on any atom is -0.493 e. The van der Waals surface area contributed by atoms with Gasteiger partial charge in [-0.05, 0) is 34.4 Å². The number of aromatic nitrogens is 2. The second kappa shape index (κ2) is 9.47. The fourth-order valence-corrected chi connectivity index (χ4v) is 3.72. The predicted octanol–water partition coefficient (Wildman–Crippen LogP) is 5.39. The smallest absolute Gasteiger partial charge is 0.203 e. The van der Waals surface area contributed by atoms with Gasteiger partial charge in [-0.3, -0.25) is 0 Å². The van der Waals surface area contributed by atoms with Gasteiger partial charge < -0.3 is 24.1 Å². The van der Waals surface area contributed by atoms with E-state index < -0.39 is 0 Å². The monoisotopic (exact) mass is 429 g/mol. The van der Waals surface area contributed by atoms with Crippen LogP contribution in [0.15, 0.2) is 72.9 Å². The lowest BCUT2D eigenvalue weighted by atomic mass is 10.0. The fourth-order valence-electron chi connectivity index (χ4n) is 3.72. The quantitative estimate of drug-likeness (QED) is 0.407. The molecule has 0 saturated heterocycles. The Morgan fingerprint density at radius 3 is 1.97 bits per heavy atom. The van der Waals surface area contributed by atoms with E-state index in [2.05, 4.69) is 63.4 Å². The molecule has 1 aromatic heterocycles. The highest BCUT2D eigenvalue weighted by Gasteiger charge is 2.14. The topological polar surface area (TPSA) is 57.5 Å². The predicted molar refractivity (Wildman–Crippen MR) is 128 cm³/mol. The third kappa shape index (κ3) is 4.25. The van der Waals surface area contributed by atoms with Crippen molar-refractivity contribution < 1.29 is 14.2 Å². The Bertz CT molecular complexity index is 1160. The molecule has 0 aliphatic rings. The molecule has 164 valence electrons. The van der Waals surface area contributed by atoms with Gasteiger partial charge in [0.15, 0.2) is 11.5 Å². The van der Waals surface area contributed by atoms with Gasteiger partial charge in [0.05, 0.1) is 33.2 Å². The summed E-state index contributed by atoms with van der Waals surface area (Å²) in [5, 5.41) is 3.40. The molecule has 0 bridgehead atoms. The van der Waals surface area contributed by atoms with Gasteiger partial charge in [-0.25, -0.2) is 4.98 Å². The van der Waals surface area contributed by atoms with Gasteiger partial charge in [0, 0.05) is 13.6 Å². The van der Waals surface area contributed by atoms with Crippen LogP contribution >= 0.6 is 0 Å². The standard InChI is InChI=1S/C26H27N3O3/c1-29-22(21-12-10-20(11-13-21)19-8-6-5-7-9-19)17-28-26(29)27-16-18-14-23(30-2)25(32-4)24(15-18)31-3/h5-15,17H,16H2,1-4H3,(H,27,28). The first kappa shape index (κ1) is 21.3. The van der Waals surface area contributed by atoms with Crippen molar-refractivity contribution in [1.82, 2.24) is 9.55 Å². The van der Waals surface area contributed by atoms with Gasteiger partial charge in [0.2, 0.25) is 11.7 Å². The zero-order valence-electron chi connectivity index (χ0n) is 18.8. The highest BCUT2D eigenvalue weighted by molar-refractivity contribution is 5.69. The highest BCUT2D eigenvalue weighted by atomic mass is 16.5. The van der Waals surface area contributed by atoms with Crippen molar-refractivity contribution in [1.29, 1.82) is 0 Å². The second-order valence-corrected chi connectivity index (χ2v) is 7.36. The molecule has 0 atom stereocenters. The van der Waals surface area contributed by atoms with E-state index in [1.807, 2.05) is 31.4 Å². The molecule has 0 unspecified atom stereocenters. The summed E-state index contributed by atoms with van der Waals surface area (Å²) in [6.07, 6.45) is 1.88. The number of nitrogens with zero attached hydrogens (tertiary/aromatic N) is 2. The molecule has 0 aliphatic heterocycles. The molecule has 6 nitrogen and oxygen atoms in total. The molecule has 0 saturated carbocycles. The maximum absolute atomic E-state index is 5.45. The van der Waals surface area contributed by atoms with Crippen LogP contribution in [0.2, 0.25) is 0 Å². The van der Waals surface area contributed by atoms with Crippen LogP contribution in [0.25, 0.3) is 22.4 Å². The molecule has 0 amide bonds. The number of hydrogen-bond donors (Lipinski definition) is 1. The lowest BCUT2D eigenvalue weighted by Gasteiger charge is -2.15. The Balaban J connectivity index is 1.51. The molecule has 4 aromatic rings. The minimum absolute atomic E-state index is 0.563. The summed E-state index contributed by atoms with van der Waals surface area (Å²) in [6.45, 7) is 0.563. The van der Waals surface area contributed by atoms with E-state index in [4.69, 9.17) is 14.2 Å². The molecule has 6 heteroatoms. The van der Waals surface area contributed by atoms with Crippen molar-refractivity contribution in [3.63, 3.8) is 0 Å². The van der Waals surface area contributed by atoms with Gasteiger partial charge in [0.1, 0.15) is 0 Å². The van der Waals surface area contributed by atoms with Crippen molar-refractivity contribution >= 4 is 5.95 Å². The average Bonchev–Trinajstić information content (AvgIpc) is 3.22. The van der Waals surface area contributed by atoms with Crippen molar-refractivity contribution in [3.05, 3.63) is 78.5 Å². The molecule has 3 aromatic carbocycles. The van der Waals surface area contributed by atoms with Crippen LogP contribution in [0.3, 0.4) is 0 Å². The van der Waals surface area contributed by atoms with Crippen molar-refractivity contribution in [2.45, 2.75) is 6.54 Å². The van der Waals surface area contributed by atoms with Crippen LogP contribution in [0.5, 0.6) is 17.2 Å². The largest absolute Gasteiger partial charge is 0.493 e. The number of imidazole rings is 1. The summed E-state index contributed by atoms with van der Waals surface area (Å²) in [4.78, 5) is 4.57. The minimum atomic E-state index is 0.563. The van der Waals surface area contributed by atoms with Gasteiger partial charge in [-0.15, -0.1) is 0 Å². The highest BCUT2D eigenvalue weighted by Crippen LogP contribution is 2.38. The van der Waals surface area contributed by atoms with E-state index in [1.165, 1.54) is 11.1 Å². The first-order chi connectivity index (χ1) is 15.6. The van der Waals surface area contributed by atoms with Gasteiger partial charge in [-0.2, -0.15) is 0 Å². The third-order valence-electron chi connectivity index (χ3n) is 5.45. The molecule has 0 fully saturated rings. The zero-order valence-corrected chi connectivity index (χ0v) is 18.8. The van der Waals surface area contributed by atoms with Crippen molar-refractivity contribution in [2.24, 2.45) is 7.05 Å². The van der Waals surface area contributed by atoms with Crippen LogP contribution in [0, 0.1) is 0 Å². The van der Waals surface area contributed by atoms with Gasteiger partial charge >= 0.3 is 0 Å². The molecule has 1 heterocycles. The van der Waals surface area contributed by atoms with E-state index in [1.54, 1.807) is 21.3 Å². The van der Waals surface area contributed by atoms with Crippen molar-refractivity contribution in [3.8, 4) is 39.6 Å². The molecule has 0 spiro atoms. The van der Waals surface area contributed by atoms with E-state index in [0.717, 1.165) is 22.8 Å². The fraction of sp³-hybridized carbons (Fsp3) is 0.192. The number of nitrogens with one attached hydrogen (secondary N) is 1. The summed E-state index contributed by atoms with van der Waals surface area (Å²) in [5.74, 6) is 2.61. The zero-order chi connectivity index (χ0) is 22.5. The normalized spacial score (nSPS) is 10.6. The Hall–Kier alpha value is -3.93. The third-order valence-corrected chi connectivity index (χ3v) is 5.45. The van der Waals surface area contributed by atoms with Crippen LogP contribution < -0.4 is 19.5 Å². The Kier molecular flexibility index (Phi) is 6.31. The number of methoxy groups -OCH3 is 3. The number of hydrogen-bond acceptors (Lipinski definition) is 5. The van der Waals surface area contributed by atoms with Crippen LogP contribution in [0.4, 0.5) is 5.95 Å². The number of benzene rings is 3. The lowest BCUT2D eigenvalue weighted by molar-refractivity contribution is 0.324. The molecule has 1 N–H and O–H groups in total. The SMILES string of the molecule is COc1cc(CNc2ncc(-c3ccc(-c4ccccc4)cc3)n2C)cc(OC)c1OC. The molecule has 0 radical (unpaired) electrons. The number of anilines is 1. The van der Waals surface area contributed by atoms with E-state index in [0.29, 0.717) is 23.8 Å². The molecular weight excluding hydrogens is 402 g/mol. The first-order valence-corrected chi connectivity index (χ1v) is 10.3. The molecule has 32 heavy (non-hydrogen) atoms. The summed E-state index contributed by atoms with van der Waals surface area (Å²) in [5.41, 5.74) is 5.54. The van der Waals surface area contributed by atoms with Gasteiger partial charge in [-0.1, -0.05) is 54.6 Å². The second-order valence-electron chi connectivity index (χ2n) is 7.36. The summed E-state index contributed by atoms with van der Waals surface area (Å²) in [6, 6.07) is 22.8. The van der Waals surface area contributed by atoms with Crippen molar-refractivity contribution in [2.75, 3.05) is 26.6 Å². The van der Waals surface area contributed by atoms with E-state index >= 15 is 0 Å². The Labute approximate surface area is 188 Å². The van der Waals surface area contributed by atoms with E-state index in [9.17, 15) is 0 Å². The summed E-state index contributed by atoms with van der Waals surface area (Å²) >= 11 is 0. The maximum Gasteiger partial charge on any atom is 0.203 e. The van der Waals surface area contributed by atoms with Gasteiger partial charge in [0.25, 0.3) is 0 Å². The van der Waals surface area contributed by atoms with E-state index in [-0.39, 0.29) is 0 Å². The average molecular weight is 430 g/mol. The lowest BCUT2D eigenvalue weighted by Crippen LogP contribution is -2.06. The Morgan fingerprint density at radius 2 is 1.38 bits per heavy atom. The van der Waals surface area contributed by atoms with Crippen LogP contribution in [0.1, 0.15) is 5.56 Å². The summed E-state index contributed by atoms with van der Waals surface area (Å²) < 4.78 is 18.3. The molecular formula is C26H27N3O3.